The predicted octanol–water partition coefficient (Wildman–Crippen LogP) is 2.36. The van der Waals surface area contributed by atoms with Crippen molar-refractivity contribution in [1.29, 1.82) is 0 Å². The molecular weight excluding hydrogens is 454 g/mol. The number of hydrogen-bond acceptors (Lipinski definition) is 11. The van der Waals surface area contributed by atoms with Crippen molar-refractivity contribution in [1.82, 2.24) is 35.3 Å². The Balaban J connectivity index is 1.44. The number of aryl methyl sites for hydroxylation is 1. The highest BCUT2D eigenvalue weighted by Gasteiger charge is 2.32. The lowest BCUT2D eigenvalue weighted by atomic mass is 10.1. The lowest BCUT2D eigenvalue weighted by molar-refractivity contribution is 0.143. The van der Waals surface area contributed by atoms with Crippen molar-refractivity contribution >= 4 is 17.6 Å². The number of aromatic nitrogens is 7. The molecular formula is C22H25N9O4. The van der Waals surface area contributed by atoms with Crippen LogP contribution in [-0.2, 0) is 4.74 Å². The van der Waals surface area contributed by atoms with Crippen LogP contribution in [-0.4, -0.2) is 62.2 Å². The Bertz CT molecular complexity index is 1350. The topological polar surface area (TPSA) is 160 Å². The van der Waals surface area contributed by atoms with E-state index in [1.807, 2.05) is 17.9 Å². The molecule has 0 aliphatic carbocycles. The molecule has 1 aliphatic heterocycles. The van der Waals surface area contributed by atoms with E-state index in [1.165, 1.54) is 12.4 Å². The summed E-state index contributed by atoms with van der Waals surface area (Å²) in [4.78, 5) is 30.2. The summed E-state index contributed by atoms with van der Waals surface area (Å²) in [6.45, 7) is 3.41. The van der Waals surface area contributed by atoms with Gasteiger partial charge in [0, 0.05) is 49.9 Å². The smallest absolute Gasteiger partial charge is 0.276 e. The molecule has 1 aliphatic rings. The van der Waals surface area contributed by atoms with Crippen LogP contribution >= 0.6 is 0 Å². The quantitative estimate of drug-likeness (QED) is 0.302. The number of H-pyrrole nitrogens is 2. The number of anilines is 3. The van der Waals surface area contributed by atoms with Crippen LogP contribution in [0.15, 0.2) is 39.9 Å². The summed E-state index contributed by atoms with van der Waals surface area (Å²) in [5, 5.41) is 14.4. The summed E-state index contributed by atoms with van der Waals surface area (Å²) in [6.07, 6.45) is 4.70. The van der Waals surface area contributed by atoms with Gasteiger partial charge >= 0.3 is 0 Å². The summed E-state index contributed by atoms with van der Waals surface area (Å²) < 4.78 is 16.5. The molecule has 0 amide bonds. The first kappa shape index (κ1) is 22.5. The Morgan fingerprint density at radius 1 is 1.23 bits per heavy atom. The average Bonchev–Trinajstić information content (AvgIpc) is 3.60. The fourth-order valence-corrected chi connectivity index (χ4v) is 3.92. The van der Waals surface area contributed by atoms with E-state index in [2.05, 4.69) is 35.6 Å². The van der Waals surface area contributed by atoms with Crippen molar-refractivity contribution < 1.29 is 14.0 Å². The Kier molecular flexibility index (Phi) is 6.39. The molecule has 5 heterocycles. The van der Waals surface area contributed by atoms with Gasteiger partial charge < -0.3 is 29.2 Å². The van der Waals surface area contributed by atoms with E-state index < -0.39 is 0 Å². The van der Waals surface area contributed by atoms with Gasteiger partial charge in [0.25, 0.3) is 5.56 Å². The largest absolute Gasteiger partial charge is 0.475 e. The molecule has 0 radical (unpaired) electrons. The molecule has 1 atom stereocenters. The fraction of sp³-hybridized carbons (Fsp3) is 0.364. The molecule has 4 aromatic heterocycles. The molecule has 0 spiro atoms. The van der Waals surface area contributed by atoms with Crippen LogP contribution in [0.25, 0.3) is 11.4 Å². The number of nitrogens with zero attached hydrogens (tertiary/aromatic N) is 6. The van der Waals surface area contributed by atoms with Crippen molar-refractivity contribution in [3.8, 4) is 17.3 Å². The molecule has 4 aromatic rings. The van der Waals surface area contributed by atoms with Gasteiger partial charge in [-0.2, -0.15) is 15.1 Å². The van der Waals surface area contributed by atoms with E-state index in [4.69, 9.17) is 19.0 Å². The summed E-state index contributed by atoms with van der Waals surface area (Å²) in [5.41, 5.74) is 1.18. The molecule has 0 saturated carbocycles. The van der Waals surface area contributed by atoms with E-state index >= 15 is 0 Å². The van der Waals surface area contributed by atoms with E-state index in [-0.39, 0.29) is 17.3 Å². The van der Waals surface area contributed by atoms with Gasteiger partial charge in [-0.3, -0.25) is 9.89 Å². The van der Waals surface area contributed by atoms with Crippen LogP contribution in [0.2, 0.25) is 0 Å². The van der Waals surface area contributed by atoms with Gasteiger partial charge in [0.15, 0.2) is 17.3 Å². The van der Waals surface area contributed by atoms with Gasteiger partial charge in [-0.1, -0.05) is 5.16 Å². The third-order valence-electron chi connectivity index (χ3n) is 5.51. The second-order valence-electron chi connectivity index (χ2n) is 8.03. The van der Waals surface area contributed by atoms with Gasteiger partial charge in [0.2, 0.25) is 11.8 Å². The highest BCUT2D eigenvalue weighted by molar-refractivity contribution is 5.57. The first-order valence-corrected chi connectivity index (χ1v) is 11.2. The average molecular weight is 480 g/mol. The van der Waals surface area contributed by atoms with Gasteiger partial charge in [0.1, 0.15) is 18.1 Å². The first-order valence-electron chi connectivity index (χ1n) is 11.2. The molecule has 1 saturated heterocycles. The number of aromatic amines is 2. The summed E-state index contributed by atoms with van der Waals surface area (Å²) >= 11 is 0. The zero-order valence-electron chi connectivity index (χ0n) is 19.3. The second-order valence-corrected chi connectivity index (χ2v) is 8.03. The third-order valence-corrected chi connectivity index (χ3v) is 5.51. The Labute approximate surface area is 199 Å². The Morgan fingerprint density at radius 3 is 2.94 bits per heavy atom. The van der Waals surface area contributed by atoms with Crippen LogP contribution in [0.3, 0.4) is 0 Å². The SMILES string of the molecule is COCCOc1cc(Nc2cc(C)[nH]n2)nc(N2CCC[C@H]2c2cc(-c3ncc[nH]c3=O)no2)n1. The summed E-state index contributed by atoms with van der Waals surface area (Å²) in [7, 11) is 1.61. The maximum Gasteiger partial charge on any atom is 0.276 e. The maximum absolute atomic E-state index is 12.1. The first-order chi connectivity index (χ1) is 17.1. The minimum atomic E-state index is -0.329. The highest BCUT2D eigenvalue weighted by Crippen LogP contribution is 2.37. The Hall–Kier alpha value is -4.26. The van der Waals surface area contributed by atoms with E-state index in [1.54, 1.807) is 19.2 Å². The minimum Gasteiger partial charge on any atom is -0.475 e. The van der Waals surface area contributed by atoms with E-state index in [0.29, 0.717) is 54.7 Å². The van der Waals surface area contributed by atoms with Gasteiger partial charge in [0.05, 0.1) is 12.6 Å². The van der Waals surface area contributed by atoms with Crippen LogP contribution < -0.4 is 20.5 Å². The zero-order valence-corrected chi connectivity index (χ0v) is 19.3. The van der Waals surface area contributed by atoms with Crippen molar-refractivity contribution in [3.05, 3.63) is 52.4 Å². The molecule has 13 heteroatoms. The maximum atomic E-state index is 12.1. The minimum absolute atomic E-state index is 0.159. The molecule has 182 valence electrons. The molecule has 13 nitrogen and oxygen atoms in total. The lowest BCUT2D eigenvalue weighted by Gasteiger charge is -2.23. The van der Waals surface area contributed by atoms with Crippen molar-refractivity contribution in [2.75, 3.05) is 37.1 Å². The van der Waals surface area contributed by atoms with Gasteiger partial charge in [-0.25, -0.2) is 4.98 Å². The predicted molar refractivity (Wildman–Crippen MR) is 126 cm³/mol. The summed E-state index contributed by atoms with van der Waals surface area (Å²) in [5.74, 6) is 2.66. The summed E-state index contributed by atoms with van der Waals surface area (Å²) in [6, 6.07) is 5.18. The van der Waals surface area contributed by atoms with E-state index in [9.17, 15) is 4.79 Å². The van der Waals surface area contributed by atoms with Gasteiger partial charge in [-0.15, -0.1) is 0 Å². The fourth-order valence-electron chi connectivity index (χ4n) is 3.92. The van der Waals surface area contributed by atoms with Crippen molar-refractivity contribution in [2.24, 2.45) is 0 Å². The van der Waals surface area contributed by atoms with Gasteiger partial charge in [-0.05, 0) is 19.8 Å². The monoisotopic (exact) mass is 479 g/mol. The van der Waals surface area contributed by atoms with Crippen LogP contribution in [0, 0.1) is 6.92 Å². The van der Waals surface area contributed by atoms with Crippen LogP contribution in [0.5, 0.6) is 5.88 Å². The second kappa shape index (κ2) is 9.93. The number of methoxy groups -OCH3 is 1. The molecule has 35 heavy (non-hydrogen) atoms. The molecule has 0 aromatic carbocycles. The number of nitrogens with one attached hydrogen (secondary N) is 3. The molecule has 3 N–H and O–H groups in total. The molecule has 0 bridgehead atoms. The molecule has 0 unspecified atom stereocenters. The normalized spacial score (nSPS) is 15.5. The zero-order chi connectivity index (χ0) is 24.2. The number of rotatable bonds is 9. The van der Waals surface area contributed by atoms with Crippen molar-refractivity contribution in [3.63, 3.8) is 0 Å². The Morgan fingerprint density at radius 2 is 2.14 bits per heavy atom. The lowest BCUT2D eigenvalue weighted by Crippen LogP contribution is -2.25. The highest BCUT2D eigenvalue weighted by atomic mass is 16.5. The van der Waals surface area contributed by atoms with Crippen molar-refractivity contribution in [2.45, 2.75) is 25.8 Å². The number of hydrogen-bond donors (Lipinski definition) is 3. The third kappa shape index (κ3) is 4.99. The molecule has 5 rings (SSSR count). The van der Waals surface area contributed by atoms with E-state index in [0.717, 1.165) is 18.5 Å². The number of ether oxygens (including phenoxy) is 2. The van der Waals surface area contributed by atoms with Crippen LogP contribution in [0.1, 0.15) is 30.3 Å². The standard InChI is InChI=1S/C22H25N9O4/c1-13-10-18(29-28-13)25-17-12-19(34-9-8-33-2)27-22(26-17)31-7-3-4-15(31)16-11-14(30-35-16)20-21(32)24-6-5-23-20/h5-6,10-12,15H,3-4,7-9H2,1-2H3,(H,24,32)(H2,25,26,27,28,29)/t15-/m0/s1. The van der Waals surface area contributed by atoms with Crippen LogP contribution in [0.4, 0.5) is 17.6 Å². The molecule has 1 fully saturated rings.